The molecule has 0 spiro atoms. The summed E-state index contributed by atoms with van der Waals surface area (Å²) in [6.07, 6.45) is 0.377. The molecule has 1 N–H and O–H groups in total. The van der Waals surface area contributed by atoms with Gasteiger partial charge in [0.05, 0.1) is 0 Å². The Balaban J connectivity index is 1.48. The van der Waals surface area contributed by atoms with Gasteiger partial charge in [0.2, 0.25) is 11.8 Å². The molecule has 0 atom stereocenters. The molecule has 0 fully saturated rings. The molecule has 0 aliphatic rings. The van der Waals surface area contributed by atoms with Crippen molar-refractivity contribution in [2.24, 2.45) is 0 Å². The van der Waals surface area contributed by atoms with Crippen LogP contribution in [0.1, 0.15) is 12.0 Å². The minimum absolute atomic E-state index is 0.124. The Hall–Kier alpha value is -2.60. The Bertz CT molecular complexity index is 801. The standard InChI is InChI=1S/C18H17N3O2S/c1-13-7-9-15(10-8-13)24-12-11-16(22)19-18-21-20-17(23-18)14-5-3-2-4-6-14/h2-10H,11-12H2,1H3,(H,19,21,22). The van der Waals surface area contributed by atoms with E-state index in [0.29, 0.717) is 18.1 Å². The Labute approximate surface area is 144 Å². The summed E-state index contributed by atoms with van der Waals surface area (Å²) in [5.41, 5.74) is 2.04. The number of aromatic nitrogens is 2. The molecule has 0 unspecified atom stereocenters. The van der Waals surface area contributed by atoms with Crippen molar-refractivity contribution < 1.29 is 9.21 Å². The number of aryl methyl sites for hydroxylation is 1. The lowest BCUT2D eigenvalue weighted by Crippen LogP contribution is -2.12. The molecular weight excluding hydrogens is 322 g/mol. The molecule has 0 bridgehead atoms. The molecule has 1 aromatic heterocycles. The van der Waals surface area contributed by atoms with Crippen LogP contribution in [0.25, 0.3) is 11.5 Å². The zero-order valence-corrected chi connectivity index (χ0v) is 14.0. The van der Waals surface area contributed by atoms with E-state index in [1.807, 2.05) is 30.3 Å². The summed E-state index contributed by atoms with van der Waals surface area (Å²) < 4.78 is 5.46. The Kier molecular flexibility index (Phi) is 5.28. The van der Waals surface area contributed by atoms with Crippen molar-refractivity contribution >= 4 is 23.7 Å². The van der Waals surface area contributed by atoms with E-state index >= 15 is 0 Å². The molecule has 1 heterocycles. The topological polar surface area (TPSA) is 68.0 Å². The zero-order chi connectivity index (χ0) is 16.8. The van der Waals surface area contributed by atoms with Crippen molar-refractivity contribution in [1.29, 1.82) is 0 Å². The largest absolute Gasteiger partial charge is 0.403 e. The summed E-state index contributed by atoms with van der Waals surface area (Å²) in [5, 5.41) is 10.4. The second kappa shape index (κ2) is 7.79. The summed E-state index contributed by atoms with van der Waals surface area (Å²) in [6, 6.07) is 17.8. The highest BCUT2D eigenvalue weighted by molar-refractivity contribution is 7.99. The predicted molar refractivity (Wildman–Crippen MR) is 94.9 cm³/mol. The number of carbonyl (C=O) groups excluding carboxylic acids is 1. The van der Waals surface area contributed by atoms with Gasteiger partial charge in [-0.3, -0.25) is 10.1 Å². The van der Waals surface area contributed by atoms with Gasteiger partial charge in [-0.15, -0.1) is 16.9 Å². The second-order valence-electron chi connectivity index (χ2n) is 5.24. The van der Waals surface area contributed by atoms with Gasteiger partial charge < -0.3 is 4.42 Å². The molecule has 0 radical (unpaired) electrons. The summed E-state index contributed by atoms with van der Waals surface area (Å²) in [5.74, 6) is 0.937. The van der Waals surface area contributed by atoms with Crippen molar-refractivity contribution in [3.8, 4) is 11.5 Å². The van der Waals surface area contributed by atoms with Crippen molar-refractivity contribution in [1.82, 2.24) is 10.2 Å². The highest BCUT2D eigenvalue weighted by atomic mass is 32.2. The molecule has 0 saturated carbocycles. The number of hydrogen-bond donors (Lipinski definition) is 1. The first-order valence-electron chi connectivity index (χ1n) is 7.59. The normalized spacial score (nSPS) is 10.5. The molecule has 0 aliphatic carbocycles. The van der Waals surface area contributed by atoms with Gasteiger partial charge in [-0.25, -0.2) is 0 Å². The number of anilines is 1. The number of amides is 1. The number of nitrogens with zero attached hydrogens (tertiary/aromatic N) is 2. The highest BCUT2D eigenvalue weighted by Gasteiger charge is 2.11. The van der Waals surface area contributed by atoms with Gasteiger partial charge in [0, 0.05) is 22.6 Å². The Morgan fingerprint density at radius 2 is 1.83 bits per heavy atom. The van der Waals surface area contributed by atoms with Gasteiger partial charge in [0.25, 0.3) is 0 Å². The van der Waals surface area contributed by atoms with Crippen molar-refractivity contribution in [3.05, 3.63) is 60.2 Å². The maximum atomic E-state index is 12.0. The number of carbonyl (C=O) groups is 1. The van der Waals surface area contributed by atoms with Gasteiger partial charge in [0.1, 0.15) is 0 Å². The summed E-state index contributed by atoms with van der Waals surface area (Å²) in [7, 11) is 0. The first-order chi connectivity index (χ1) is 11.7. The van der Waals surface area contributed by atoms with E-state index in [1.165, 1.54) is 5.56 Å². The minimum Gasteiger partial charge on any atom is -0.403 e. The number of nitrogens with one attached hydrogen (secondary N) is 1. The summed E-state index contributed by atoms with van der Waals surface area (Å²) in [6.45, 7) is 2.05. The second-order valence-corrected chi connectivity index (χ2v) is 6.41. The highest BCUT2D eigenvalue weighted by Crippen LogP contribution is 2.21. The first-order valence-corrected chi connectivity index (χ1v) is 8.57. The van der Waals surface area contributed by atoms with Crippen LogP contribution in [-0.4, -0.2) is 21.9 Å². The van der Waals surface area contributed by atoms with Gasteiger partial charge in [-0.1, -0.05) is 41.0 Å². The quantitative estimate of drug-likeness (QED) is 0.683. The molecule has 1 amide bonds. The fraction of sp³-hybridized carbons (Fsp3) is 0.167. The van der Waals surface area contributed by atoms with Gasteiger partial charge >= 0.3 is 6.01 Å². The van der Waals surface area contributed by atoms with Crippen LogP contribution in [0.5, 0.6) is 0 Å². The molecule has 3 rings (SSSR count). The lowest BCUT2D eigenvalue weighted by molar-refractivity contribution is -0.115. The number of benzene rings is 2. The first kappa shape index (κ1) is 16.3. The molecule has 2 aromatic carbocycles. The maximum absolute atomic E-state index is 12.0. The fourth-order valence-electron chi connectivity index (χ4n) is 2.05. The molecule has 5 nitrogen and oxygen atoms in total. The average molecular weight is 339 g/mol. The molecule has 24 heavy (non-hydrogen) atoms. The fourth-order valence-corrected chi connectivity index (χ4v) is 2.90. The zero-order valence-electron chi connectivity index (χ0n) is 13.2. The van der Waals surface area contributed by atoms with Crippen LogP contribution < -0.4 is 5.32 Å². The number of rotatable bonds is 6. The number of hydrogen-bond acceptors (Lipinski definition) is 5. The lowest BCUT2D eigenvalue weighted by Gasteiger charge is -2.02. The van der Waals surface area contributed by atoms with Crippen molar-refractivity contribution in [2.45, 2.75) is 18.2 Å². The van der Waals surface area contributed by atoms with Gasteiger partial charge in [-0.05, 0) is 31.2 Å². The van der Waals surface area contributed by atoms with Crippen LogP contribution in [0.3, 0.4) is 0 Å². The van der Waals surface area contributed by atoms with Crippen LogP contribution in [-0.2, 0) is 4.79 Å². The third kappa shape index (κ3) is 4.45. The molecule has 122 valence electrons. The molecule has 0 saturated heterocycles. The van der Waals surface area contributed by atoms with Crippen LogP contribution in [0.2, 0.25) is 0 Å². The van der Waals surface area contributed by atoms with Crippen molar-refractivity contribution in [2.75, 3.05) is 11.1 Å². The molecule has 0 aliphatic heterocycles. The lowest BCUT2D eigenvalue weighted by atomic mass is 10.2. The molecule has 3 aromatic rings. The van der Waals surface area contributed by atoms with Crippen LogP contribution in [0, 0.1) is 6.92 Å². The maximum Gasteiger partial charge on any atom is 0.322 e. The third-order valence-electron chi connectivity index (χ3n) is 3.31. The number of thioether (sulfide) groups is 1. The van der Waals surface area contributed by atoms with E-state index in [0.717, 1.165) is 10.5 Å². The van der Waals surface area contributed by atoms with Gasteiger partial charge in [-0.2, -0.15) is 0 Å². The average Bonchev–Trinajstić information content (AvgIpc) is 3.06. The van der Waals surface area contributed by atoms with Crippen LogP contribution in [0.4, 0.5) is 6.01 Å². The third-order valence-corrected chi connectivity index (χ3v) is 4.32. The van der Waals surface area contributed by atoms with Crippen LogP contribution >= 0.6 is 11.8 Å². The molecule has 6 heteroatoms. The summed E-state index contributed by atoms with van der Waals surface area (Å²) in [4.78, 5) is 13.1. The van der Waals surface area contributed by atoms with E-state index < -0.39 is 0 Å². The summed E-state index contributed by atoms with van der Waals surface area (Å²) >= 11 is 1.64. The van der Waals surface area contributed by atoms with E-state index in [1.54, 1.807) is 11.8 Å². The smallest absolute Gasteiger partial charge is 0.322 e. The van der Waals surface area contributed by atoms with E-state index in [-0.39, 0.29) is 11.9 Å². The van der Waals surface area contributed by atoms with E-state index in [4.69, 9.17) is 4.42 Å². The van der Waals surface area contributed by atoms with Crippen molar-refractivity contribution in [3.63, 3.8) is 0 Å². The predicted octanol–water partition coefficient (Wildman–Crippen LogP) is 4.17. The monoisotopic (exact) mass is 339 g/mol. The molecular formula is C18H17N3O2S. The van der Waals surface area contributed by atoms with Crippen LogP contribution in [0.15, 0.2) is 63.9 Å². The van der Waals surface area contributed by atoms with E-state index in [2.05, 4.69) is 46.7 Å². The minimum atomic E-state index is -0.141. The Morgan fingerprint density at radius 3 is 2.58 bits per heavy atom. The van der Waals surface area contributed by atoms with E-state index in [9.17, 15) is 4.79 Å². The Morgan fingerprint density at radius 1 is 1.08 bits per heavy atom. The van der Waals surface area contributed by atoms with Gasteiger partial charge in [0.15, 0.2) is 0 Å². The SMILES string of the molecule is Cc1ccc(SCCC(=O)Nc2nnc(-c3ccccc3)o2)cc1.